The summed E-state index contributed by atoms with van der Waals surface area (Å²) in [5.74, 6) is 1.26. The third-order valence-electron chi connectivity index (χ3n) is 2.03. The van der Waals surface area contributed by atoms with E-state index in [1.165, 1.54) is 10.8 Å². The van der Waals surface area contributed by atoms with E-state index in [0.29, 0.717) is 5.03 Å². The first-order chi connectivity index (χ1) is 8.34. The van der Waals surface area contributed by atoms with Crippen LogP contribution in [0.2, 0.25) is 0 Å². The predicted molar refractivity (Wildman–Crippen MR) is 75.6 cm³/mol. The summed E-state index contributed by atoms with van der Waals surface area (Å²) in [6, 6.07) is 3.39. The minimum atomic E-state index is 0.256. The zero-order valence-electron chi connectivity index (χ0n) is 9.98. The third-order valence-corrected chi connectivity index (χ3v) is 4.32. The van der Waals surface area contributed by atoms with Crippen LogP contribution in [0.15, 0.2) is 23.4 Å². The number of nitrogens with zero attached hydrogens (tertiary/aromatic N) is 1. The third kappa shape index (κ3) is 6.78. The first-order valence-electron chi connectivity index (χ1n) is 5.63. The molecular weight excluding hydrogens is 254 g/mol. The second-order valence-corrected chi connectivity index (χ2v) is 5.84. The van der Waals surface area contributed by atoms with Crippen LogP contribution >= 0.6 is 21.6 Å². The van der Waals surface area contributed by atoms with Crippen molar-refractivity contribution >= 4 is 21.6 Å². The van der Waals surface area contributed by atoms with Crippen LogP contribution in [0.3, 0.4) is 0 Å². The summed E-state index contributed by atoms with van der Waals surface area (Å²) in [5, 5.41) is 16.7. The average Bonchev–Trinajstić information content (AvgIpc) is 2.35. The molecule has 0 spiro atoms. The van der Waals surface area contributed by atoms with E-state index in [4.69, 9.17) is 0 Å². The van der Waals surface area contributed by atoms with Crippen molar-refractivity contribution in [1.29, 1.82) is 0 Å². The maximum Gasteiger partial charge on any atom is 0.148 e. The zero-order valence-corrected chi connectivity index (χ0v) is 11.6. The second-order valence-electron chi connectivity index (χ2n) is 3.44. The number of aromatic nitrogens is 1. The van der Waals surface area contributed by atoms with Crippen LogP contribution in [0.4, 0.5) is 0 Å². The fourth-order valence-electron chi connectivity index (χ4n) is 1.17. The Morgan fingerprint density at radius 2 is 2.24 bits per heavy atom. The maximum absolute atomic E-state index is 9.49. The first kappa shape index (κ1) is 14.6. The quantitative estimate of drug-likeness (QED) is 0.470. The fraction of sp³-hybridized carbons (Fsp3) is 0.545. The Morgan fingerprint density at radius 1 is 1.35 bits per heavy atom. The number of nitrogens with one attached hydrogen (secondary N) is 2. The molecule has 1 rings (SSSR count). The van der Waals surface area contributed by atoms with Gasteiger partial charge in [0.1, 0.15) is 10.8 Å². The molecule has 96 valence electrons. The molecule has 0 unspecified atom stereocenters. The standard InChI is InChI=1S/C11H19N3OS2/c1-12-5-3-6-13-8-9-16-17-11-10(15)4-2-7-14-11/h2,4,7,12-13,15H,3,5-6,8-9H2,1H3. The lowest BCUT2D eigenvalue weighted by Gasteiger charge is -2.04. The lowest BCUT2D eigenvalue weighted by atomic mass is 10.4. The lowest BCUT2D eigenvalue weighted by molar-refractivity contribution is 0.457. The van der Waals surface area contributed by atoms with E-state index in [2.05, 4.69) is 15.6 Å². The largest absolute Gasteiger partial charge is 0.505 e. The predicted octanol–water partition coefficient (Wildman–Crippen LogP) is 1.73. The molecule has 0 aliphatic heterocycles. The molecule has 0 amide bonds. The summed E-state index contributed by atoms with van der Waals surface area (Å²) >= 11 is 0. The molecule has 0 aliphatic carbocycles. The summed E-state index contributed by atoms with van der Waals surface area (Å²) in [5.41, 5.74) is 0. The van der Waals surface area contributed by atoms with Crippen molar-refractivity contribution in [2.75, 3.05) is 32.4 Å². The van der Waals surface area contributed by atoms with E-state index in [0.717, 1.165) is 31.8 Å². The molecule has 0 aromatic carbocycles. The lowest BCUT2D eigenvalue weighted by Crippen LogP contribution is -2.21. The van der Waals surface area contributed by atoms with Gasteiger partial charge >= 0.3 is 0 Å². The van der Waals surface area contributed by atoms with Gasteiger partial charge in [-0.2, -0.15) is 0 Å². The Kier molecular flexibility index (Phi) is 8.25. The number of rotatable bonds is 9. The van der Waals surface area contributed by atoms with Crippen LogP contribution in [-0.2, 0) is 0 Å². The number of hydrogen-bond acceptors (Lipinski definition) is 6. The van der Waals surface area contributed by atoms with Crippen molar-refractivity contribution in [2.45, 2.75) is 11.4 Å². The molecule has 4 nitrogen and oxygen atoms in total. The van der Waals surface area contributed by atoms with E-state index in [1.807, 2.05) is 7.05 Å². The topological polar surface area (TPSA) is 57.2 Å². The van der Waals surface area contributed by atoms with Crippen LogP contribution in [0.5, 0.6) is 5.75 Å². The highest BCUT2D eigenvalue weighted by Crippen LogP contribution is 2.34. The molecular formula is C11H19N3OS2. The maximum atomic E-state index is 9.49. The van der Waals surface area contributed by atoms with Gasteiger partial charge in [-0.3, -0.25) is 0 Å². The summed E-state index contributed by atoms with van der Waals surface area (Å²) < 4.78 is 0. The summed E-state index contributed by atoms with van der Waals surface area (Å²) in [7, 11) is 5.18. The fourth-order valence-corrected chi connectivity index (χ4v) is 3.07. The van der Waals surface area contributed by atoms with Gasteiger partial charge in [0.15, 0.2) is 0 Å². The van der Waals surface area contributed by atoms with Crippen molar-refractivity contribution in [3.05, 3.63) is 18.3 Å². The van der Waals surface area contributed by atoms with Crippen LogP contribution in [0, 0.1) is 0 Å². The Morgan fingerprint density at radius 3 is 3.00 bits per heavy atom. The molecule has 1 aromatic rings. The van der Waals surface area contributed by atoms with Crippen molar-refractivity contribution in [3.63, 3.8) is 0 Å². The average molecular weight is 273 g/mol. The highest BCUT2D eigenvalue weighted by Gasteiger charge is 2.01. The van der Waals surface area contributed by atoms with Gasteiger partial charge in [-0.25, -0.2) is 4.98 Å². The first-order valence-corrected chi connectivity index (χ1v) is 7.95. The number of pyridine rings is 1. The van der Waals surface area contributed by atoms with E-state index in [9.17, 15) is 5.11 Å². The molecule has 6 heteroatoms. The highest BCUT2D eigenvalue weighted by molar-refractivity contribution is 8.76. The molecule has 3 N–H and O–H groups in total. The molecule has 1 heterocycles. The van der Waals surface area contributed by atoms with Crippen molar-refractivity contribution in [2.24, 2.45) is 0 Å². The molecule has 0 fully saturated rings. The van der Waals surface area contributed by atoms with Gasteiger partial charge < -0.3 is 15.7 Å². The van der Waals surface area contributed by atoms with Gasteiger partial charge in [-0.15, -0.1) is 0 Å². The Balaban J connectivity index is 1.99. The number of hydrogen-bond donors (Lipinski definition) is 3. The number of aromatic hydroxyl groups is 1. The van der Waals surface area contributed by atoms with Crippen molar-refractivity contribution < 1.29 is 5.11 Å². The summed E-state index contributed by atoms with van der Waals surface area (Å²) in [4.78, 5) is 4.10. The van der Waals surface area contributed by atoms with Gasteiger partial charge in [0.25, 0.3) is 0 Å². The monoisotopic (exact) mass is 273 g/mol. The van der Waals surface area contributed by atoms with Gasteiger partial charge in [0.05, 0.1) is 0 Å². The van der Waals surface area contributed by atoms with Crippen LogP contribution < -0.4 is 10.6 Å². The molecule has 17 heavy (non-hydrogen) atoms. The highest BCUT2D eigenvalue weighted by atomic mass is 33.1. The molecule has 0 bridgehead atoms. The molecule has 1 aromatic heterocycles. The zero-order chi connectivity index (χ0) is 12.3. The van der Waals surface area contributed by atoms with Crippen molar-refractivity contribution in [3.8, 4) is 5.75 Å². The van der Waals surface area contributed by atoms with E-state index in [1.54, 1.807) is 29.1 Å². The van der Waals surface area contributed by atoms with Gasteiger partial charge in [0, 0.05) is 18.5 Å². The molecule has 0 saturated heterocycles. The SMILES string of the molecule is CNCCCNCCSSc1ncccc1O. The minimum Gasteiger partial charge on any atom is -0.505 e. The van der Waals surface area contributed by atoms with Crippen LogP contribution in [0.25, 0.3) is 0 Å². The van der Waals surface area contributed by atoms with Gasteiger partial charge in [-0.1, -0.05) is 10.8 Å². The summed E-state index contributed by atoms with van der Waals surface area (Å²) in [6.07, 6.45) is 2.84. The Labute approximate surface area is 110 Å². The van der Waals surface area contributed by atoms with Crippen LogP contribution in [-0.4, -0.2) is 42.5 Å². The van der Waals surface area contributed by atoms with E-state index in [-0.39, 0.29) is 5.75 Å². The van der Waals surface area contributed by atoms with Gasteiger partial charge in [-0.05, 0) is 49.5 Å². The normalized spacial score (nSPS) is 10.6. The molecule has 0 radical (unpaired) electrons. The second kappa shape index (κ2) is 9.58. The molecule has 0 saturated carbocycles. The molecule has 0 aliphatic rings. The molecule has 0 atom stereocenters. The van der Waals surface area contributed by atoms with Crippen molar-refractivity contribution in [1.82, 2.24) is 15.6 Å². The minimum absolute atomic E-state index is 0.256. The Bertz CT molecular complexity index is 313. The summed E-state index contributed by atoms with van der Waals surface area (Å²) in [6.45, 7) is 3.08. The Hall–Kier alpha value is -0.430. The van der Waals surface area contributed by atoms with Crippen LogP contribution in [0.1, 0.15) is 6.42 Å². The van der Waals surface area contributed by atoms with E-state index < -0.39 is 0 Å². The van der Waals surface area contributed by atoms with Gasteiger partial charge in [0.2, 0.25) is 0 Å². The van der Waals surface area contributed by atoms with E-state index >= 15 is 0 Å². The smallest absolute Gasteiger partial charge is 0.148 e.